The molecular weight excluding hydrogens is 268 g/mol. The number of aliphatic hydroxyl groups is 1. The van der Waals surface area contributed by atoms with Crippen molar-refractivity contribution in [3.05, 3.63) is 22.7 Å². The molecule has 16 heavy (non-hydrogen) atoms. The first kappa shape index (κ1) is 13.3. The van der Waals surface area contributed by atoms with Gasteiger partial charge in [-0.25, -0.2) is 0 Å². The second-order valence-electron chi connectivity index (χ2n) is 4.01. The van der Waals surface area contributed by atoms with E-state index in [1.54, 1.807) is 0 Å². The molecule has 1 rings (SSSR count). The van der Waals surface area contributed by atoms with Gasteiger partial charge in [-0.1, -0.05) is 13.8 Å². The van der Waals surface area contributed by atoms with Gasteiger partial charge in [-0.3, -0.25) is 0 Å². The topological polar surface area (TPSA) is 58.3 Å². The summed E-state index contributed by atoms with van der Waals surface area (Å²) in [5.74, 6) is 0. The van der Waals surface area contributed by atoms with E-state index in [2.05, 4.69) is 35.1 Å². The van der Waals surface area contributed by atoms with Gasteiger partial charge in [-0.05, 0) is 47.0 Å². The van der Waals surface area contributed by atoms with Crippen LogP contribution in [0.5, 0.6) is 0 Å². The highest BCUT2D eigenvalue weighted by Crippen LogP contribution is 2.29. The summed E-state index contributed by atoms with van der Waals surface area (Å²) >= 11 is 3.46. The van der Waals surface area contributed by atoms with Gasteiger partial charge in [-0.15, -0.1) is 0 Å². The maximum absolute atomic E-state index is 9.48. The van der Waals surface area contributed by atoms with Crippen LogP contribution in [0.1, 0.15) is 26.7 Å². The SMILES string of the molecule is CCC(CC)(CO)Nc1ccc(N)cc1Br. The van der Waals surface area contributed by atoms with Crippen LogP contribution in [-0.4, -0.2) is 17.3 Å². The molecular formula is C12H19BrN2O. The predicted octanol–water partition coefficient (Wildman–Crippen LogP) is 2.99. The quantitative estimate of drug-likeness (QED) is 0.730. The van der Waals surface area contributed by atoms with E-state index in [1.165, 1.54) is 0 Å². The number of anilines is 2. The van der Waals surface area contributed by atoms with E-state index in [-0.39, 0.29) is 12.1 Å². The Morgan fingerprint density at radius 1 is 1.38 bits per heavy atom. The molecule has 1 aromatic carbocycles. The Morgan fingerprint density at radius 2 is 2.00 bits per heavy atom. The summed E-state index contributed by atoms with van der Waals surface area (Å²) in [6.45, 7) is 4.26. The summed E-state index contributed by atoms with van der Waals surface area (Å²) in [6.07, 6.45) is 1.74. The molecule has 0 spiro atoms. The highest BCUT2D eigenvalue weighted by atomic mass is 79.9. The normalized spacial score (nSPS) is 11.5. The van der Waals surface area contributed by atoms with Crippen LogP contribution >= 0.6 is 15.9 Å². The zero-order valence-electron chi connectivity index (χ0n) is 9.76. The second kappa shape index (κ2) is 5.55. The molecule has 4 N–H and O–H groups in total. The number of hydrogen-bond donors (Lipinski definition) is 3. The van der Waals surface area contributed by atoms with Crippen LogP contribution in [0.4, 0.5) is 11.4 Å². The van der Waals surface area contributed by atoms with Gasteiger partial charge in [0.25, 0.3) is 0 Å². The molecule has 0 aromatic heterocycles. The molecule has 0 aliphatic heterocycles. The highest BCUT2D eigenvalue weighted by Gasteiger charge is 2.25. The fraction of sp³-hybridized carbons (Fsp3) is 0.500. The fourth-order valence-corrected chi connectivity index (χ4v) is 2.10. The van der Waals surface area contributed by atoms with Gasteiger partial charge in [0.05, 0.1) is 12.1 Å². The minimum absolute atomic E-state index is 0.122. The number of nitrogens with two attached hydrogens (primary N) is 1. The van der Waals surface area contributed by atoms with E-state index in [1.807, 2.05) is 18.2 Å². The van der Waals surface area contributed by atoms with Crippen LogP contribution in [-0.2, 0) is 0 Å². The molecule has 0 fully saturated rings. The van der Waals surface area contributed by atoms with Crippen molar-refractivity contribution < 1.29 is 5.11 Å². The van der Waals surface area contributed by atoms with Crippen LogP contribution < -0.4 is 11.1 Å². The monoisotopic (exact) mass is 286 g/mol. The minimum Gasteiger partial charge on any atom is -0.399 e. The van der Waals surface area contributed by atoms with Crippen molar-refractivity contribution in [2.75, 3.05) is 17.7 Å². The summed E-state index contributed by atoms with van der Waals surface area (Å²) in [5, 5.41) is 12.9. The number of halogens is 1. The van der Waals surface area contributed by atoms with Crippen LogP contribution in [0.3, 0.4) is 0 Å². The van der Waals surface area contributed by atoms with Crippen LogP contribution in [0.2, 0.25) is 0 Å². The largest absolute Gasteiger partial charge is 0.399 e. The smallest absolute Gasteiger partial charge is 0.0661 e. The van der Waals surface area contributed by atoms with Crippen molar-refractivity contribution in [3.63, 3.8) is 0 Å². The molecule has 0 saturated heterocycles. The van der Waals surface area contributed by atoms with E-state index in [0.29, 0.717) is 0 Å². The zero-order valence-corrected chi connectivity index (χ0v) is 11.3. The number of hydrogen-bond acceptors (Lipinski definition) is 3. The molecule has 0 saturated carbocycles. The third kappa shape index (κ3) is 2.89. The van der Waals surface area contributed by atoms with Gasteiger partial charge < -0.3 is 16.2 Å². The Morgan fingerprint density at radius 3 is 2.44 bits per heavy atom. The number of rotatable bonds is 5. The van der Waals surface area contributed by atoms with Gasteiger partial charge in [0.1, 0.15) is 0 Å². The summed E-state index contributed by atoms with van der Waals surface area (Å²) in [6, 6.07) is 5.63. The van der Waals surface area contributed by atoms with Gasteiger partial charge in [0.2, 0.25) is 0 Å². The first-order valence-corrected chi connectivity index (χ1v) is 6.30. The molecule has 3 nitrogen and oxygen atoms in total. The standard InChI is InChI=1S/C12H19BrN2O/c1-3-12(4-2,8-16)15-11-6-5-9(14)7-10(11)13/h5-7,15-16H,3-4,8,14H2,1-2H3. The summed E-state index contributed by atoms with van der Waals surface area (Å²) in [7, 11) is 0. The summed E-state index contributed by atoms with van der Waals surface area (Å²) < 4.78 is 0.923. The minimum atomic E-state index is -0.251. The lowest BCUT2D eigenvalue weighted by atomic mass is 9.93. The van der Waals surface area contributed by atoms with Crippen molar-refractivity contribution in [2.24, 2.45) is 0 Å². The number of nitrogen functional groups attached to an aromatic ring is 1. The van der Waals surface area contributed by atoms with Crippen molar-refractivity contribution in [3.8, 4) is 0 Å². The lowest BCUT2D eigenvalue weighted by Crippen LogP contribution is -2.40. The van der Waals surface area contributed by atoms with Crippen molar-refractivity contribution >= 4 is 27.3 Å². The Balaban J connectivity index is 2.93. The molecule has 0 aliphatic carbocycles. The zero-order chi connectivity index (χ0) is 12.2. The van der Waals surface area contributed by atoms with E-state index in [0.717, 1.165) is 28.7 Å². The average Bonchev–Trinajstić information content (AvgIpc) is 2.29. The van der Waals surface area contributed by atoms with Crippen LogP contribution in [0, 0.1) is 0 Å². The maximum atomic E-state index is 9.48. The predicted molar refractivity (Wildman–Crippen MR) is 72.6 cm³/mol. The van der Waals surface area contributed by atoms with Crippen LogP contribution in [0.25, 0.3) is 0 Å². The molecule has 0 radical (unpaired) electrons. The highest BCUT2D eigenvalue weighted by molar-refractivity contribution is 9.10. The fourth-order valence-electron chi connectivity index (χ4n) is 1.61. The lowest BCUT2D eigenvalue weighted by molar-refractivity contribution is 0.202. The Kier molecular flexibility index (Phi) is 4.62. The van der Waals surface area contributed by atoms with E-state index < -0.39 is 0 Å². The Hall–Kier alpha value is -0.740. The van der Waals surface area contributed by atoms with E-state index in [4.69, 9.17) is 5.73 Å². The van der Waals surface area contributed by atoms with Crippen molar-refractivity contribution in [1.82, 2.24) is 0 Å². The maximum Gasteiger partial charge on any atom is 0.0661 e. The molecule has 4 heteroatoms. The second-order valence-corrected chi connectivity index (χ2v) is 4.86. The molecule has 0 amide bonds. The molecule has 0 atom stereocenters. The first-order valence-electron chi connectivity index (χ1n) is 5.51. The van der Waals surface area contributed by atoms with Crippen LogP contribution in [0.15, 0.2) is 22.7 Å². The molecule has 1 aromatic rings. The van der Waals surface area contributed by atoms with Gasteiger partial charge in [0.15, 0.2) is 0 Å². The summed E-state index contributed by atoms with van der Waals surface area (Å²) in [5.41, 5.74) is 7.12. The third-order valence-corrected chi connectivity index (χ3v) is 3.71. The number of aliphatic hydroxyl groups excluding tert-OH is 1. The van der Waals surface area contributed by atoms with Gasteiger partial charge in [0, 0.05) is 15.8 Å². The molecule has 0 unspecified atom stereocenters. The Labute approximate surface area is 105 Å². The summed E-state index contributed by atoms with van der Waals surface area (Å²) in [4.78, 5) is 0. The van der Waals surface area contributed by atoms with E-state index in [9.17, 15) is 5.11 Å². The third-order valence-electron chi connectivity index (χ3n) is 3.05. The van der Waals surface area contributed by atoms with Gasteiger partial charge in [-0.2, -0.15) is 0 Å². The van der Waals surface area contributed by atoms with Crippen molar-refractivity contribution in [2.45, 2.75) is 32.2 Å². The molecule has 0 bridgehead atoms. The first-order chi connectivity index (χ1) is 7.56. The lowest BCUT2D eigenvalue weighted by Gasteiger charge is -2.32. The number of benzene rings is 1. The van der Waals surface area contributed by atoms with E-state index >= 15 is 0 Å². The van der Waals surface area contributed by atoms with Crippen molar-refractivity contribution in [1.29, 1.82) is 0 Å². The number of nitrogens with one attached hydrogen (secondary N) is 1. The Bertz CT molecular complexity index is 343. The molecule has 0 aliphatic rings. The average molecular weight is 287 g/mol. The molecule has 90 valence electrons. The van der Waals surface area contributed by atoms with Gasteiger partial charge >= 0.3 is 0 Å². The molecule has 0 heterocycles.